The first-order valence-electron chi connectivity index (χ1n) is 6.40. The summed E-state index contributed by atoms with van der Waals surface area (Å²) in [6.07, 6.45) is 0. The molecule has 108 valence electrons. The number of nitrogens with zero attached hydrogens (tertiary/aromatic N) is 4. The van der Waals surface area contributed by atoms with E-state index in [1.165, 1.54) is 16.6 Å². The van der Waals surface area contributed by atoms with E-state index in [4.69, 9.17) is 11.6 Å². The molecule has 4 nitrogen and oxygen atoms in total. The predicted octanol–water partition coefficient (Wildman–Crippen LogP) is 4.50. The Balaban J connectivity index is 2.06. The lowest BCUT2D eigenvalue weighted by molar-refractivity contribution is 0.628. The molecule has 0 aliphatic rings. The Morgan fingerprint density at radius 2 is 1.82 bits per heavy atom. The van der Waals surface area contributed by atoms with Crippen molar-refractivity contribution in [1.29, 1.82) is 0 Å². The third-order valence-corrected chi connectivity index (χ3v) is 4.22. The van der Waals surface area contributed by atoms with Crippen LogP contribution in [0.4, 0.5) is 4.39 Å². The van der Waals surface area contributed by atoms with Gasteiger partial charge in [-0.1, -0.05) is 6.07 Å². The van der Waals surface area contributed by atoms with E-state index in [9.17, 15) is 4.39 Å². The fourth-order valence-corrected chi connectivity index (χ4v) is 3.04. The van der Waals surface area contributed by atoms with Gasteiger partial charge in [0.25, 0.3) is 0 Å². The molecule has 7 heteroatoms. The summed E-state index contributed by atoms with van der Waals surface area (Å²) in [5.41, 5.74) is 2.04. The summed E-state index contributed by atoms with van der Waals surface area (Å²) in [4.78, 5) is 8.86. The summed E-state index contributed by atoms with van der Waals surface area (Å²) >= 11 is 9.69. The zero-order valence-electron chi connectivity index (χ0n) is 11.0. The van der Waals surface area contributed by atoms with Gasteiger partial charge in [-0.3, -0.25) is 0 Å². The first-order chi connectivity index (χ1) is 10.6. The second kappa shape index (κ2) is 5.00. The number of benzene rings is 2. The van der Waals surface area contributed by atoms with Crippen LogP contribution in [-0.2, 0) is 0 Å². The SMILES string of the molecule is Fc1ccc(-c2nc3c4c(Br)cccc4nc(Cl)n3n2)cc1. The molecule has 0 bridgehead atoms. The molecule has 4 aromatic rings. The monoisotopic (exact) mass is 376 g/mol. The van der Waals surface area contributed by atoms with Crippen LogP contribution < -0.4 is 0 Å². The van der Waals surface area contributed by atoms with Crippen molar-refractivity contribution in [3.63, 3.8) is 0 Å². The van der Waals surface area contributed by atoms with E-state index in [2.05, 4.69) is 31.0 Å². The van der Waals surface area contributed by atoms with Gasteiger partial charge in [0.15, 0.2) is 11.5 Å². The average molecular weight is 378 g/mol. The van der Waals surface area contributed by atoms with Gasteiger partial charge < -0.3 is 0 Å². The highest BCUT2D eigenvalue weighted by Crippen LogP contribution is 2.29. The maximum atomic E-state index is 13.0. The molecule has 0 atom stereocenters. The molecule has 0 unspecified atom stereocenters. The van der Waals surface area contributed by atoms with Crippen LogP contribution in [0.3, 0.4) is 0 Å². The van der Waals surface area contributed by atoms with Crippen LogP contribution in [0.2, 0.25) is 5.28 Å². The molecule has 22 heavy (non-hydrogen) atoms. The number of halogens is 3. The third kappa shape index (κ3) is 2.07. The maximum Gasteiger partial charge on any atom is 0.226 e. The lowest BCUT2D eigenvalue weighted by atomic mass is 10.2. The van der Waals surface area contributed by atoms with E-state index < -0.39 is 0 Å². The third-order valence-electron chi connectivity index (χ3n) is 3.31. The Bertz CT molecular complexity index is 1010. The second-order valence-corrected chi connectivity index (χ2v) is 5.88. The van der Waals surface area contributed by atoms with Crippen molar-refractivity contribution < 1.29 is 4.39 Å². The molecule has 0 N–H and O–H groups in total. The minimum atomic E-state index is -0.305. The molecule has 0 saturated carbocycles. The van der Waals surface area contributed by atoms with Gasteiger partial charge >= 0.3 is 0 Å². The first-order valence-corrected chi connectivity index (χ1v) is 7.57. The van der Waals surface area contributed by atoms with Gasteiger partial charge in [-0.25, -0.2) is 14.4 Å². The Hall–Kier alpha value is -2.05. The highest BCUT2D eigenvalue weighted by molar-refractivity contribution is 9.10. The van der Waals surface area contributed by atoms with Crippen LogP contribution in [0.15, 0.2) is 46.9 Å². The zero-order valence-corrected chi connectivity index (χ0v) is 13.3. The summed E-state index contributed by atoms with van der Waals surface area (Å²) in [6, 6.07) is 11.6. The molecule has 2 aromatic heterocycles. The standard InChI is InChI=1S/C15H7BrClFN4/c16-10-2-1-3-11-12(10)14-20-13(21-22(14)15(17)19-11)8-4-6-9(18)7-5-8/h1-7H. The van der Waals surface area contributed by atoms with Crippen molar-refractivity contribution in [2.24, 2.45) is 0 Å². The van der Waals surface area contributed by atoms with Crippen molar-refractivity contribution in [2.45, 2.75) is 0 Å². The minimum Gasteiger partial charge on any atom is -0.218 e. The summed E-state index contributed by atoms with van der Waals surface area (Å²) in [6.45, 7) is 0. The molecule has 0 amide bonds. The summed E-state index contributed by atoms with van der Waals surface area (Å²) in [5, 5.41) is 5.42. The second-order valence-electron chi connectivity index (χ2n) is 4.69. The Morgan fingerprint density at radius 1 is 1.05 bits per heavy atom. The number of hydrogen-bond donors (Lipinski definition) is 0. The number of aromatic nitrogens is 4. The highest BCUT2D eigenvalue weighted by atomic mass is 79.9. The zero-order chi connectivity index (χ0) is 15.3. The Labute approximate surface area is 137 Å². The molecule has 4 rings (SSSR count). The van der Waals surface area contributed by atoms with E-state index >= 15 is 0 Å². The average Bonchev–Trinajstić information content (AvgIpc) is 2.93. The molecule has 0 spiro atoms. The van der Waals surface area contributed by atoms with E-state index in [-0.39, 0.29) is 11.1 Å². The van der Waals surface area contributed by atoms with Gasteiger partial charge in [-0.2, -0.15) is 4.52 Å². The lowest BCUT2D eigenvalue weighted by Gasteiger charge is -2.02. The van der Waals surface area contributed by atoms with Crippen LogP contribution >= 0.6 is 27.5 Å². The van der Waals surface area contributed by atoms with Crippen LogP contribution in [0.5, 0.6) is 0 Å². The van der Waals surface area contributed by atoms with Gasteiger partial charge in [-0.05, 0) is 63.9 Å². The smallest absolute Gasteiger partial charge is 0.218 e. The molecular formula is C15H7BrClFN4. The summed E-state index contributed by atoms with van der Waals surface area (Å²) < 4.78 is 15.4. The molecule has 0 aliphatic heterocycles. The normalized spacial score (nSPS) is 11.4. The molecule has 0 fully saturated rings. The molecule has 0 aliphatic carbocycles. The fraction of sp³-hybridized carbons (Fsp3) is 0. The first kappa shape index (κ1) is 13.6. The van der Waals surface area contributed by atoms with Crippen molar-refractivity contribution in [3.8, 4) is 11.4 Å². The van der Waals surface area contributed by atoms with Gasteiger partial charge in [0.05, 0.1) is 10.9 Å². The number of hydrogen-bond acceptors (Lipinski definition) is 3. The van der Waals surface area contributed by atoms with Crippen molar-refractivity contribution >= 4 is 44.1 Å². The summed E-state index contributed by atoms with van der Waals surface area (Å²) in [7, 11) is 0. The number of fused-ring (bicyclic) bond motifs is 3. The van der Waals surface area contributed by atoms with Crippen molar-refractivity contribution in [3.05, 3.63) is 58.0 Å². The topological polar surface area (TPSA) is 43.1 Å². The lowest BCUT2D eigenvalue weighted by Crippen LogP contribution is -1.95. The van der Waals surface area contributed by atoms with Crippen molar-refractivity contribution in [2.75, 3.05) is 0 Å². The van der Waals surface area contributed by atoms with E-state index in [0.717, 1.165) is 15.4 Å². The molecule has 0 saturated heterocycles. The van der Waals surface area contributed by atoms with Crippen LogP contribution in [0.1, 0.15) is 0 Å². The van der Waals surface area contributed by atoms with E-state index in [1.54, 1.807) is 12.1 Å². The fourth-order valence-electron chi connectivity index (χ4n) is 2.30. The van der Waals surface area contributed by atoms with Crippen molar-refractivity contribution in [1.82, 2.24) is 19.6 Å². The van der Waals surface area contributed by atoms with Crippen LogP contribution in [0.25, 0.3) is 27.9 Å². The van der Waals surface area contributed by atoms with Gasteiger partial charge in [0.2, 0.25) is 5.28 Å². The van der Waals surface area contributed by atoms with Crippen LogP contribution in [0, 0.1) is 5.82 Å². The Kier molecular flexibility index (Phi) is 3.09. The molecule has 2 heterocycles. The Morgan fingerprint density at radius 3 is 2.59 bits per heavy atom. The minimum absolute atomic E-state index is 0.224. The number of rotatable bonds is 1. The predicted molar refractivity (Wildman–Crippen MR) is 86.4 cm³/mol. The quantitative estimate of drug-likeness (QED) is 0.459. The van der Waals surface area contributed by atoms with Gasteiger partial charge in [0, 0.05) is 10.0 Å². The maximum absolute atomic E-state index is 13.0. The molecule has 2 aromatic carbocycles. The van der Waals surface area contributed by atoms with Gasteiger partial charge in [-0.15, -0.1) is 5.10 Å². The molecule has 0 radical (unpaired) electrons. The largest absolute Gasteiger partial charge is 0.226 e. The van der Waals surface area contributed by atoms with Gasteiger partial charge in [0.1, 0.15) is 5.82 Å². The van der Waals surface area contributed by atoms with E-state index in [1.807, 2.05) is 18.2 Å². The van der Waals surface area contributed by atoms with Crippen LogP contribution in [-0.4, -0.2) is 19.6 Å². The van der Waals surface area contributed by atoms with E-state index in [0.29, 0.717) is 17.0 Å². The highest BCUT2D eigenvalue weighted by Gasteiger charge is 2.15. The molecular weight excluding hydrogens is 371 g/mol. The summed E-state index contributed by atoms with van der Waals surface area (Å²) in [5.74, 6) is 0.160.